The van der Waals surface area contributed by atoms with Crippen molar-refractivity contribution in [1.82, 2.24) is 0 Å². The maximum Gasteiger partial charge on any atom is -0.00613 e. The molecule has 1 aromatic heterocycles. The van der Waals surface area contributed by atoms with Gasteiger partial charge in [-0.15, -0.1) is 0 Å². The number of aryl methyl sites for hydroxylation is 1. The minimum atomic E-state index is 0.919. The van der Waals surface area contributed by atoms with Gasteiger partial charge in [0.15, 0.2) is 0 Å². The highest BCUT2D eigenvalue weighted by molar-refractivity contribution is 7.07. The van der Waals surface area contributed by atoms with Gasteiger partial charge in [-0.05, 0) is 41.1 Å². The van der Waals surface area contributed by atoms with Gasteiger partial charge in [0.25, 0.3) is 0 Å². The first kappa shape index (κ1) is 10.8. The Morgan fingerprint density at radius 2 is 2.23 bits per heavy atom. The number of hydrogen-bond acceptors (Lipinski definition) is 1. The molecule has 0 aliphatic heterocycles. The minimum Gasteiger partial charge on any atom is -0.152 e. The van der Waals surface area contributed by atoms with Crippen LogP contribution in [0.1, 0.15) is 45.1 Å². The summed E-state index contributed by atoms with van der Waals surface area (Å²) in [6, 6.07) is 2.24. The van der Waals surface area contributed by atoms with E-state index in [-0.39, 0.29) is 0 Å². The van der Waals surface area contributed by atoms with Crippen LogP contribution in [0.2, 0.25) is 0 Å². The number of unbranched alkanes of at least 4 members (excludes halogenated alkanes) is 1. The lowest BCUT2D eigenvalue weighted by atomic mass is 10.00. The SMILES string of the molecule is CCC(C)CCCCc1ccsc1. The van der Waals surface area contributed by atoms with Crippen molar-refractivity contribution in [3.63, 3.8) is 0 Å². The quantitative estimate of drug-likeness (QED) is 0.587. The molecule has 0 aromatic carbocycles. The largest absolute Gasteiger partial charge is 0.152 e. The fraction of sp³-hybridized carbons (Fsp3) is 0.667. The van der Waals surface area contributed by atoms with E-state index in [0.717, 1.165) is 5.92 Å². The Morgan fingerprint density at radius 3 is 2.85 bits per heavy atom. The Bertz CT molecular complexity index is 201. The maximum absolute atomic E-state index is 2.35. The predicted molar refractivity (Wildman–Crippen MR) is 61.3 cm³/mol. The third-order valence-corrected chi connectivity index (χ3v) is 3.42. The second-order valence-electron chi connectivity index (χ2n) is 3.89. The lowest BCUT2D eigenvalue weighted by molar-refractivity contribution is 0.485. The normalized spacial score (nSPS) is 13.1. The van der Waals surface area contributed by atoms with Crippen LogP contribution in [0.3, 0.4) is 0 Å². The fourth-order valence-electron chi connectivity index (χ4n) is 1.46. The highest BCUT2D eigenvalue weighted by Gasteiger charge is 1.98. The minimum absolute atomic E-state index is 0.919. The lowest BCUT2D eigenvalue weighted by Crippen LogP contribution is -1.92. The smallest absolute Gasteiger partial charge is 0.00613 e. The molecule has 1 atom stereocenters. The van der Waals surface area contributed by atoms with Crippen LogP contribution in [-0.2, 0) is 6.42 Å². The van der Waals surface area contributed by atoms with Gasteiger partial charge in [0.1, 0.15) is 0 Å². The Kier molecular flexibility index (Phi) is 5.14. The van der Waals surface area contributed by atoms with E-state index in [1.165, 1.54) is 37.7 Å². The van der Waals surface area contributed by atoms with E-state index in [1.54, 1.807) is 0 Å². The monoisotopic (exact) mass is 196 g/mol. The molecular weight excluding hydrogens is 176 g/mol. The Labute approximate surface area is 86.0 Å². The van der Waals surface area contributed by atoms with Gasteiger partial charge >= 0.3 is 0 Å². The Hall–Kier alpha value is -0.300. The third kappa shape index (κ3) is 4.47. The van der Waals surface area contributed by atoms with Crippen LogP contribution in [0.5, 0.6) is 0 Å². The molecule has 0 aliphatic carbocycles. The highest BCUT2D eigenvalue weighted by Crippen LogP contribution is 2.14. The Morgan fingerprint density at radius 1 is 1.38 bits per heavy atom. The van der Waals surface area contributed by atoms with Crippen LogP contribution < -0.4 is 0 Å². The molecule has 1 aromatic rings. The standard InChI is InChI=1S/C12H20S/c1-3-11(2)6-4-5-7-12-8-9-13-10-12/h8-11H,3-7H2,1-2H3. The zero-order valence-electron chi connectivity index (χ0n) is 8.75. The van der Waals surface area contributed by atoms with E-state index in [1.807, 2.05) is 11.3 Å². The van der Waals surface area contributed by atoms with Crippen LogP contribution in [0.15, 0.2) is 16.8 Å². The molecule has 0 radical (unpaired) electrons. The zero-order chi connectivity index (χ0) is 9.52. The molecule has 74 valence electrons. The van der Waals surface area contributed by atoms with Crippen molar-refractivity contribution >= 4 is 11.3 Å². The molecule has 0 aliphatic rings. The summed E-state index contributed by atoms with van der Waals surface area (Å²) >= 11 is 1.81. The summed E-state index contributed by atoms with van der Waals surface area (Å²) in [5.74, 6) is 0.919. The molecule has 1 heteroatoms. The van der Waals surface area contributed by atoms with Gasteiger partial charge in [0.2, 0.25) is 0 Å². The summed E-state index contributed by atoms with van der Waals surface area (Å²) in [4.78, 5) is 0. The molecule has 1 unspecified atom stereocenters. The van der Waals surface area contributed by atoms with Gasteiger partial charge < -0.3 is 0 Å². The summed E-state index contributed by atoms with van der Waals surface area (Å²) in [7, 11) is 0. The van der Waals surface area contributed by atoms with Crippen LogP contribution in [0, 0.1) is 5.92 Å². The van der Waals surface area contributed by atoms with E-state index >= 15 is 0 Å². The van der Waals surface area contributed by atoms with Gasteiger partial charge in [-0.1, -0.05) is 33.1 Å². The predicted octanol–water partition coefficient (Wildman–Crippen LogP) is 4.51. The Balaban J connectivity index is 2.02. The van der Waals surface area contributed by atoms with Crippen LogP contribution in [0.4, 0.5) is 0 Å². The molecule has 0 fully saturated rings. The molecule has 0 bridgehead atoms. The van der Waals surface area contributed by atoms with Crippen molar-refractivity contribution in [2.45, 2.75) is 46.0 Å². The second-order valence-corrected chi connectivity index (χ2v) is 4.67. The van der Waals surface area contributed by atoms with Crippen molar-refractivity contribution < 1.29 is 0 Å². The van der Waals surface area contributed by atoms with Crippen molar-refractivity contribution in [1.29, 1.82) is 0 Å². The number of rotatable bonds is 6. The molecule has 1 heterocycles. The van der Waals surface area contributed by atoms with Crippen LogP contribution in [-0.4, -0.2) is 0 Å². The molecule has 0 spiro atoms. The lowest BCUT2D eigenvalue weighted by Gasteiger charge is -2.06. The van der Waals surface area contributed by atoms with Gasteiger partial charge in [-0.3, -0.25) is 0 Å². The highest BCUT2D eigenvalue weighted by atomic mass is 32.1. The van der Waals surface area contributed by atoms with Crippen molar-refractivity contribution in [3.8, 4) is 0 Å². The maximum atomic E-state index is 2.35. The summed E-state index contributed by atoms with van der Waals surface area (Å²) in [6.45, 7) is 4.63. The summed E-state index contributed by atoms with van der Waals surface area (Å²) in [5.41, 5.74) is 1.52. The average Bonchev–Trinajstić information content (AvgIpc) is 2.64. The first-order valence-corrected chi connectivity index (χ1v) is 6.28. The van der Waals surface area contributed by atoms with Crippen LogP contribution >= 0.6 is 11.3 Å². The van der Waals surface area contributed by atoms with E-state index in [0.29, 0.717) is 0 Å². The summed E-state index contributed by atoms with van der Waals surface area (Å²) in [6.07, 6.45) is 6.77. The van der Waals surface area contributed by atoms with Crippen molar-refractivity contribution in [2.24, 2.45) is 5.92 Å². The summed E-state index contributed by atoms with van der Waals surface area (Å²) in [5, 5.41) is 4.44. The summed E-state index contributed by atoms with van der Waals surface area (Å²) < 4.78 is 0. The molecule has 0 N–H and O–H groups in total. The number of hydrogen-bond donors (Lipinski definition) is 0. The van der Waals surface area contributed by atoms with E-state index in [2.05, 4.69) is 30.7 Å². The van der Waals surface area contributed by atoms with E-state index in [9.17, 15) is 0 Å². The van der Waals surface area contributed by atoms with Gasteiger partial charge in [-0.25, -0.2) is 0 Å². The third-order valence-electron chi connectivity index (χ3n) is 2.69. The number of thiophene rings is 1. The van der Waals surface area contributed by atoms with Crippen LogP contribution in [0.25, 0.3) is 0 Å². The van der Waals surface area contributed by atoms with Gasteiger partial charge in [-0.2, -0.15) is 11.3 Å². The fourth-order valence-corrected chi connectivity index (χ4v) is 2.16. The van der Waals surface area contributed by atoms with E-state index < -0.39 is 0 Å². The molecular formula is C12H20S. The molecule has 0 saturated carbocycles. The molecule has 1 rings (SSSR count). The molecule has 0 saturated heterocycles. The molecule has 0 nitrogen and oxygen atoms in total. The molecule has 0 amide bonds. The van der Waals surface area contributed by atoms with Crippen molar-refractivity contribution in [3.05, 3.63) is 22.4 Å². The zero-order valence-corrected chi connectivity index (χ0v) is 9.57. The first-order valence-electron chi connectivity index (χ1n) is 5.34. The first-order chi connectivity index (χ1) is 6.33. The van der Waals surface area contributed by atoms with Gasteiger partial charge in [0, 0.05) is 0 Å². The topological polar surface area (TPSA) is 0 Å². The van der Waals surface area contributed by atoms with Crippen molar-refractivity contribution in [2.75, 3.05) is 0 Å². The average molecular weight is 196 g/mol. The second kappa shape index (κ2) is 6.20. The molecule has 13 heavy (non-hydrogen) atoms. The van der Waals surface area contributed by atoms with Gasteiger partial charge in [0.05, 0.1) is 0 Å². The van der Waals surface area contributed by atoms with E-state index in [4.69, 9.17) is 0 Å².